The molecule has 4 rings (SSSR count). The number of carbonyl (C=O) groups is 1. The van der Waals surface area contributed by atoms with Gasteiger partial charge in [-0.15, -0.1) is 0 Å². The summed E-state index contributed by atoms with van der Waals surface area (Å²) >= 11 is 0. The second kappa shape index (κ2) is 5.82. The topological polar surface area (TPSA) is 59.8 Å². The highest BCUT2D eigenvalue weighted by molar-refractivity contribution is 5.91. The predicted molar refractivity (Wildman–Crippen MR) is 99.5 cm³/mol. The van der Waals surface area contributed by atoms with Crippen LogP contribution in [0.3, 0.4) is 0 Å². The Morgan fingerprint density at radius 1 is 1.20 bits per heavy atom. The van der Waals surface area contributed by atoms with Gasteiger partial charge in [-0.2, -0.15) is 0 Å². The number of fused-ring (bicyclic) bond motifs is 1. The molecule has 0 radical (unpaired) electrons. The van der Waals surface area contributed by atoms with E-state index in [1.807, 2.05) is 19.1 Å². The lowest BCUT2D eigenvalue weighted by Crippen LogP contribution is -2.24. The molecule has 2 heterocycles. The molecule has 0 aromatic carbocycles. The summed E-state index contributed by atoms with van der Waals surface area (Å²) in [4.78, 5) is 22.0. The number of anilines is 1. The summed E-state index contributed by atoms with van der Waals surface area (Å²) in [5.74, 6) is 2.15. The summed E-state index contributed by atoms with van der Waals surface area (Å²) in [6.45, 7) is 8.25. The van der Waals surface area contributed by atoms with Crippen LogP contribution in [0.25, 0.3) is 11.2 Å². The average Bonchev–Trinajstić information content (AvgIpc) is 3.38. The summed E-state index contributed by atoms with van der Waals surface area (Å²) in [6.07, 6.45) is 5.61. The molecule has 0 saturated heterocycles. The quantitative estimate of drug-likeness (QED) is 0.873. The van der Waals surface area contributed by atoms with Crippen molar-refractivity contribution in [2.75, 3.05) is 5.32 Å². The van der Waals surface area contributed by atoms with E-state index in [2.05, 4.69) is 30.7 Å². The van der Waals surface area contributed by atoms with Crippen molar-refractivity contribution in [3.8, 4) is 0 Å². The van der Waals surface area contributed by atoms with Gasteiger partial charge < -0.3 is 0 Å². The number of hydrogen-bond acceptors (Lipinski definition) is 3. The van der Waals surface area contributed by atoms with Gasteiger partial charge >= 0.3 is 0 Å². The third kappa shape index (κ3) is 3.55. The Labute approximate surface area is 149 Å². The molecular formula is C20H28N4O. The van der Waals surface area contributed by atoms with E-state index >= 15 is 0 Å². The second-order valence-corrected chi connectivity index (χ2v) is 9.05. The number of aromatic nitrogens is 3. The summed E-state index contributed by atoms with van der Waals surface area (Å²) in [5, 5.41) is 3.09. The number of amides is 1. The van der Waals surface area contributed by atoms with Gasteiger partial charge in [-0.05, 0) is 62.0 Å². The molecule has 0 unspecified atom stereocenters. The van der Waals surface area contributed by atoms with Crippen molar-refractivity contribution in [1.82, 2.24) is 14.5 Å². The summed E-state index contributed by atoms with van der Waals surface area (Å²) in [6, 6.07) is 4.44. The molecule has 5 heteroatoms. The monoisotopic (exact) mass is 340 g/mol. The zero-order chi connectivity index (χ0) is 17.8. The zero-order valence-electron chi connectivity index (χ0n) is 15.7. The van der Waals surface area contributed by atoms with Crippen molar-refractivity contribution >= 4 is 23.0 Å². The second-order valence-electron chi connectivity index (χ2n) is 9.05. The van der Waals surface area contributed by atoms with Crippen LogP contribution in [0.4, 0.5) is 5.95 Å². The fourth-order valence-corrected chi connectivity index (χ4v) is 3.77. The Morgan fingerprint density at radius 2 is 1.84 bits per heavy atom. The molecule has 0 spiro atoms. The van der Waals surface area contributed by atoms with Crippen molar-refractivity contribution in [1.29, 1.82) is 0 Å². The number of carbonyl (C=O) groups excluding carboxylic acids is 1. The molecule has 2 aromatic heterocycles. The van der Waals surface area contributed by atoms with Gasteiger partial charge in [0.2, 0.25) is 11.9 Å². The molecule has 2 fully saturated rings. The van der Waals surface area contributed by atoms with Crippen molar-refractivity contribution in [3.63, 3.8) is 0 Å². The fourth-order valence-electron chi connectivity index (χ4n) is 3.77. The van der Waals surface area contributed by atoms with Gasteiger partial charge in [0.25, 0.3) is 0 Å². The average molecular weight is 340 g/mol. The van der Waals surface area contributed by atoms with Crippen LogP contribution in [0.1, 0.15) is 64.6 Å². The highest BCUT2D eigenvalue weighted by Gasteiger charge is 2.44. The normalized spacial score (nSPS) is 18.1. The Hall–Kier alpha value is -1.91. The van der Waals surface area contributed by atoms with E-state index in [1.165, 1.54) is 25.7 Å². The number of aryl methyl sites for hydroxylation is 1. The van der Waals surface area contributed by atoms with Crippen LogP contribution in [-0.2, 0) is 4.79 Å². The molecule has 1 amide bonds. The molecule has 0 aliphatic heterocycles. The van der Waals surface area contributed by atoms with Gasteiger partial charge in [-0.3, -0.25) is 14.7 Å². The maximum Gasteiger partial charge on any atom is 0.227 e. The smallest absolute Gasteiger partial charge is 0.227 e. The summed E-state index contributed by atoms with van der Waals surface area (Å²) in [7, 11) is 0. The first-order chi connectivity index (χ1) is 11.8. The molecule has 2 saturated carbocycles. The van der Waals surface area contributed by atoms with E-state index < -0.39 is 0 Å². The molecule has 0 bridgehead atoms. The van der Waals surface area contributed by atoms with Crippen LogP contribution < -0.4 is 5.32 Å². The van der Waals surface area contributed by atoms with E-state index in [0.717, 1.165) is 16.9 Å². The number of rotatable bonds is 5. The van der Waals surface area contributed by atoms with Crippen LogP contribution in [0.2, 0.25) is 0 Å². The number of nitrogens with one attached hydrogen (secondary N) is 1. The van der Waals surface area contributed by atoms with E-state index in [0.29, 0.717) is 30.2 Å². The van der Waals surface area contributed by atoms with E-state index in [4.69, 9.17) is 9.97 Å². The molecular weight excluding hydrogens is 312 g/mol. The molecule has 134 valence electrons. The number of imidazole rings is 1. The minimum Gasteiger partial charge on any atom is -0.296 e. The Morgan fingerprint density at radius 3 is 2.40 bits per heavy atom. The van der Waals surface area contributed by atoms with E-state index in [-0.39, 0.29) is 11.3 Å². The molecule has 0 atom stereocenters. The maximum absolute atomic E-state index is 12.5. The molecule has 25 heavy (non-hydrogen) atoms. The predicted octanol–water partition coefficient (Wildman–Crippen LogP) is 4.48. The maximum atomic E-state index is 12.5. The minimum absolute atomic E-state index is 0.0334. The van der Waals surface area contributed by atoms with Crippen LogP contribution in [0.15, 0.2) is 12.1 Å². The summed E-state index contributed by atoms with van der Waals surface area (Å²) in [5.41, 5.74) is 2.76. The first-order valence-electron chi connectivity index (χ1n) is 9.47. The van der Waals surface area contributed by atoms with Gasteiger partial charge in [0.05, 0.1) is 0 Å². The SMILES string of the molecule is Cc1ccc2nc(NC(=O)CC(C)(C)C)n(C(C3CC3)C3CC3)c2n1. The van der Waals surface area contributed by atoms with Crippen LogP contribution in [-0.4, -0.2) is 20.4 Å². The van der Waals surface area contributed by atoms with Crippen molar-refractivity contribution < 1.29 is 4.79 Å². The van der Waals surface area contributed by atoms with E-state index in [9.17, 15) is 4.79 Å². The Balaban J connectivity index is 1.74. The molecule has 5 nitrogen and oxygen atoms in total. The van der Waals surface area contributed by atoms with Crippen LogP contribution >= 0.6 is 0 Å². The molecule has 2 aliphatic rings. The van der Waals surface area contributed by atoms with Gasteiger partial charge in [0.15, 0.2) is 5.65 Å². The number of nitrogens with zero attached hydrogens (tertiary/aromatic N) is 3. The Bertz CT molecular complexity index is 797. The number of hydrogen-bond donors (Lipinski definition) is 1. The zero-order valence-corrected chi connectivity index (χ0v) is 15.7. The van der Waals surface area contributed by atoms with E-state index in [1.54, 1.807) is 0 Å². The molecule has 2 aliphatic carbocycles. The minimum atomic E-state index is -0.0395. The third-order valence-corrected chi connectivity index (χ3v) is 5.13. The fraction of sp³-hybridized carbons (Fsp3) is 0.650. The lowest BCUT2D eigenvalue weighted by Gasteiger charge is -2.22. The first-order valence-corrected chi connectivity index (χ1v) is 9.47. The van der Waals surface area contributed by atoms with Crippen molar-refractivity contribution in [3.05, 3.63) is 17.8 Å². The van der Waals surface area contributed by atoms with Crippen LogP contribution in [0.5, 0.6) is 0 Å². The van der Waals surface area contributed by atoms with Crippen LogP contribution in [0, 0.1) is 24.2 Å². The van der Waals surface area contributed by atoms with Crippen molar-refractivity contribution in [2.24, 2.45) is 17.3 Å². The van der Waals surface area contributed by atoms with Gasteiger partial charge in [-0.1, -0.05) is 20.8 Å². The van der Waals surface area contributed by atoms with Gasteiger partial charge in [0, 0.05) is 18.2 Å². The summed E-state index contributed by atoms with van der Waals surface area (Å²) < 4.78 is 2.25. The Kier molecular flexibility index (Phi) is 3.85. The highest BCUT2D eigenvalue weighted by Crippen LogP contribution is 2.53. The lowest BCUT2D eigenvalue weighted by molar-refractivity contribution is -0.117. The standard InChI is InChI=1S/C20H28N4O/c1-12-5-10-15-18(21-12)24(17(13-6-7-13)14-8-9-14)19(22-15)23-16(25)11-20(2,3)4/h5,10,13-14,17H,6-9,11H2,1-4H3,(H,22,23,25). The lowest BCUT2D eigenvalue weighted by atomic mass is 9.92. The third-order valence-electron chi connectivity index (χ3n) is 5.13. The first kappa shape index (κ1) is 16.6. The van der Waals surface area contributed by atoms with Crippen molar-refractivity contribution in [2.45, 2.75) is 65.8 Å². The largest absolute Gasteiger partial charge is 0.296 e. The van der Waals surface area contributed by atoms with Gasteiger partial charge in [0.1, 0.15) is 5.52 Å². The highest BCUT2D eigenvalue weighted by atomic mass is 16.1. The van der Waals surface area contributed by atoms with Gasteiger partial charge in [-0.25, -0.2) is 9.97 Å². The molecule has 1 N–H and O–H groups in total. The molecule has 2 aromatic rings. The number of pyridine rings is 1.